The number of aromatic nitrogens is 2. The number of H-pyrrole nitrogens is 1. The van der Waals surface area contributed by atoms with Gasteiger partial charge in [-0.1, -0.05) is 43.2 Å². The monoisotopic (exact) mass is 369 g/mol. The number of nitrogens with one attached hydrogen (secondary N) is 1. The summed E-state index contributed by atoms with van der Waals surface area (Å²) in [5, 5.41) is 9.72. The summed E-state index contributed by atoms with van der Waals surface area (Å²) < 4.78 is 0. The van der Waals surface area contributed by atoms with Gasteiger partial charge in [0.25, 0.3) is 5.56 Å². The molecule has 27 heavy (non-hydrogen) atoms. The Balaban J connectivity index is 2.17. The molecule has 1 saturated heterocycles. The van der Waals surface area contributed by atoms with Crippen LogP contribution in [0, 0.1) is 6.92 Å². The van der Waals surface area contributed by atoms with Gasteiger partial charge < -0.3 is 10.0 Å². The lowest BCUT2D eigenvalue weighted by Crippen LogP contribution is -2.34. The standard InChI is InChI=1S/C21H27N3O3/c1-3-7-16(20(26)27)17-18(15-10-8-14(2)9-11-15)22-21(23-19(17)25)24-12-5-4-6-13-24/h8-11,16H,3-7,12-13H2,1-2H3,(H,26,27)(H,22,23,25). The maximum atomic E-state index is 13.0. The average Bonchev–Trinajstić information content (AvgIpc) is 2.67. The minimum absolute atomic E-state index is 0.258. The van der Waals surface area contributed by atoms with Gasteiger partial charge in [0.05, 0.1) is 17.2 Å². The van der Waals surface area contributed by atoms with Crippen LogP contribution in [-0.4, -0.2) is 34.1 Å². The van der Waals surface area contributed by atoms with Gasteiger partial charge in [0.2, 0.25) is 5.95 Å². The Hall–Kier alpha value is -2.63. The quantitative estimate of drug-likeness (QED) is 0.811. The second kappa shape index (κ2) is 8.37. The van der Waals surface area contributed by atoms with Gasteiger partial charge in [-0.2, -0.15) is 0 Å². The van der Waals surface area contributed by atoms with Crippen molar-refractivity contribution >= 4 is 11.9 Å². The van der Waals surface area contributed by atoms with Crippen molar-refractivity contribution in [3.8, 4) is 11.3 Å². The van der Waals surface area contributed by atoms with Gasteiger partial charge in [0.1, 0.15) is 0 Å². The van der Waals surface area contributed by atoms with Crippen LogP contribution in [0.25, 0.3) is 11.3 Å². The van der Waals surface area contributed by atoms with Crippen LogP contribution in [0.5, 0.6) is 0 Å². The second-order valence-electron chi connectivity index (χ2n) is 7.25. The lowest BCUT2D eigenvalue weighted by molar-refractivity contribution is -0.139. The number of hydrogen-bond donors (Lipinski definition) is 2. The number of carbonyl (C=O) groups is 1. The molecule has 0 radical (unpaired) electrons. The van der Waals surface area contributed by atoms with E-state index in [1.165, 1.54) is 6.42 Å². The summed E-state index contributed by atoms with van der Waals surface area (Å²) in [4.78, 5) is 34.5. The van der Waals surface area contributed by atoms with E-state index in [1.807, 2.05) is 38.1 Å². The molecule has 1 aliphatic rings. The molecule has 3 rings (SSSR count). The molecule has 1 unspecified atom stereocenters. The number of aromatic amines is 1. The van der Waals surface area contributed by atoms with Crippen molar-refractivity contribution in [2.45, 2.75) is 51.9 Å². The number of nitrogens with zero attached hydrogens (tertiary/aromatic N) is 2. The number of aliphatic carboxylic acids is 1. The van der Waals surface area contributed by atoms with Gasteiger partial charge in [0.15, 0.2) is 0 Å². The lowest BCUT2D eigenvalue weighted by atomic mass is 9.91. The molecule has 2 aromatic rings. The molecule has 6 heteroatoms. The summed E-state index contributed by atoms with van der Waals surface area (Å²) in [6.07, 6.45) is 4.40. The molecule has 6 nitrogen and oxygen atoms in total. The summed E-state index contributed by atoms with van der Waals surface area (Å²) in [6, 6.07) is 7.73. The zero-order valence-corrected chi connectivity index (χ0v) is 16.0. The molecule has 0 saturated carbocycles. The van der Waals surface area contributed by atoms with Crippen LogP contribution < -0.4 is 10.5 Å². The summed E-state index contributed by atoms with van der Waals surface area (Å²) in [7, 11) is 0. The fourth-order valence-corrected chi connectivity index (χ4v) is 3.66. The average molecular weight is 369 g/mol. The number of aryl methyl sites for hydroxylation is 1. The molecule has 1 aromatic carbocycles. The van der Waals surface area contributed by atoms with Gasteiger partial charge in [0, 0.05) is 18.7 Å². The van der Waals surface area contributed by atoms with E-state index in [-0.39, 0.29) is 11.1 Å². The number of benzene rings is 1. The Morgan fingerprint density at radius 3 is 2.48 bits per heavy atom. The van der Waals surface area contributed by atoms with E-state index in [2.05, 4.69) is 9.88 Å². The van der Waals surface area contributed by atoms with Crippen molar-refractivity contribution in [3.63, 3.8) is 0 Å². The summed E-state index contributed by atoms with van der Waals surface area (Å²) in [5.74, 6) is -1.30. The molecule has 2 heterocycles. The number of rotatable bonds is 6. The Kier molecular flexibility index (Phi) is 5.94. The van der Waals surface area contributed by atoms with Gasteiger partial charge in [-0.3, -0.25) is 14.6 Å². The van der Waals surface area contributed by atoms with E-state index in [1.54, 1.807) is 0 Å². The maximum Gasteiger partial charge on any atom is 0.311 e. The molecule has 0 amide bonds. The highest BCUT2D eigenvalue weighted by atomic mass is 16.4. The summed E-state index contributed by atoms with van der Waals surface area (Å²) in [6.45, 7) is 5.62. The Morgan fingerprint density at radius 2 is 1.89 bits per heavy atom. The van der Waals surface area contributed by atoms with Crippen LogP contribution in [-0.2, 0) is 4.79 Å². The van der Waals surface area contributed by atoms with Crippen LogP contribution in [0.4, 0.5) is 5.95 Å². The summed E-state index contributed by atoms with van der Waals surface area (Å²) in [5.41, 5.74) is 2.28. The number of piperidine rings is 1. The highest BCUT2D eigenvalue weighted by Crippen LogP contribution is 2.30. The van der Waals surface area contributed by atoms with Gasteiger partial charge >= 0.3 is 5.97 Å². The Labute approximate surface area is 159 Å². The zero-order chi connectivity index (χ0) is 19.4. The van der Waals surface area contributed by atoms with E-state index in [0.29, 0.717) is 24.5 Å². The van der Waals surface area contributed by atoms with Gasteiger partial charge in [-0.15, -0.1) is 0 Å². The van der Waals surface area contributed by atoms with Crippen LogP contribution in [0.2, 0.25) is 0 Å². The fourth-order valence-electron chi connectivity index (χ4n) is 3.66. The van der Waals surface area contributed by atoms with Crippen LogP contribution in [0.15, 0.2) is 29.1 Å². The van der Waals surface area contributed by atoms with Crippen molar-refractivity contribution in [2.75, 3.05) is 18.0 Å². The normalized spacial score (nSPS) is 15.6. The van der Waals surface area contributed by atoms with E-state index in [4.69, 9.17) is 4.98 Å². The lowest BCUT2D eigenvalue weighted by Gasteiger charge is -2.28. The SMILES string of the molecule is CCCC(C(=O)O)c1c(-c2ccc(C)cc2)nc(N2CCCCC2)[nH]c1=O. The number of carboxylic acid groups (broad SMARTS) is 1. The molecule has 0 aliphatic carbocycles. The molecule has 2 N–H and O–H groups in total. The first-order chi connectivity index (χ1) is 13.0. The Bertz CT molecular complexity index is 852. The highest BCUT2D eigenvalue weighted by Gasteiger charge is 2.28. The molecule has 1 aliphatic heterocycles. The minimum Gasteiger partial charge on any atom is -0.481 e. The molecule has 1 aromatic heterocycles. The third kappa shape index (κ3) is 4.21. The van der Waals surface area contributed by atoms with Crippen molar-refractivity contribution in [3.05, 3.63) is 45.7 Å². The van der Waals surface area contributed by atoms with E-state index >= 15 is 0 Å². The first-order valence-electron chi connectivity index (χ1n) is 9.70. The molecule has 1 fully saturated rings. The van der Waals surface area contributed by atoms with E-state index in [0.717, 1.165) is 37.1 Å². The molecule has 144 valence electrons. The highest BCUT2D eigenvalue weighted by molar-refractivity contribution is 5.80. The number of carboxylic acids is 1. The topological polar surface area (TPSA) is 86.3 Å². The third-order valence-electron chi connectivity index (χ3n) is 5.15. The predicted octanol–water partition coefficient (Wildman–Crippen LogP) is 3.70. The van der Waals surface area contributed by atoms with Gasteiger partial charge in [-0.05, 0) is 32.6 Å². The molecular weight excluding hydrogens is 342 g/mol. The first kappa shape index (κ1) is 19.1. The zero-order valence-electron chi connectivity index (χ0n) is 16.0. The van der Waals surface area contributed by atoms with Crippen molar-refractivity contribution in [1.82, 2.24) is 9.97 Å². The maximum absolute atomic E-state index is 13.0. The number of anilines is 1. The van der Waals surface area contributed by atoms with Crippen molar-refractivity contribution in [1.29, 1.82) is 0 Å². The van der Waals surface area contributed by atoms with Gasteiger partial charge in [-0.25, -0.2) is 4.98 Å². The number of hydrogen-bond acceptors (Lipinski definition) is 4. The van der Waals surface area contributed by atoms with Crippen LogP contribution in [0.3, 0.4) is 0 Å². The Morgan fingerprint density at radius 1 is 1.22 bits per heavy atom. The van der Waals surface area contributed by atoms with Crippen molar-refractivity contribution in [2.24, 2.45) is 0 Å². The van der Waals surface area contributed by atoms with Crippen molar-refractivity contribution < 1.29 is 9.90 Å². The molecule has 0 spiro atoms. The van der Waals surface area contributed by atoms with E-state index < -0.39 is 11.9 Å². The predicted molar refractivity (Wildman–Crippen MR) is 106 cm³/mol. The molecule has 1 atom stereocenters. The smallest absolute Gasteiger partial charge is 0.311 e. The first-order valence-corrected chi connectivity index (χ1v) is 9.70. The summed E-state index contributed by atoms with van der Waals surface area (Å²) >= 11 is 0. The van der Waals surface area contributed by atoms with E-state index in [9.17, 15) is 14.7 Å². The van der Waals surface area contributed by atoms with Crippen LogP contribution in [0.1, 0.15) is 56.1 Å². The molecular formula is C21H27N3O3. The largest absolute Gasteiger partial charge is 0.481 e. The third-order valence-corrected chi connectivity index (χ3v) is 5.15. The second-order valence-corrected chi connectivity index (χ2v) is 7.25. The molecule has 0 bridgehead atoms. The minimum atomic E-state index is -0.983. The van der Waals surface area contributed by atoms with Crippen LogP contribution >= 0.6 is 0 Å². The fraction of sp³-hybridized carbons (Fsp3) is 0.476.